The Morgan fingerprint density at radius 3 is 2.57 bits per heavy atom. The van der Waals surface area contributed by atoms with Crippen molar-refractivity contribution < 1.29 is 14.4 Å². The summed E-state index contributed by atoms with van der Waals surface area (Å²) in [6.45, 7) is 0.735. The first-order valence-electron chi connectivity index (χ1n) is 9.16. The Kier molecular flexibility index (Phi) is 4.80. The summed E-state index contributed by atoms with van der Waals surface area (Å²) in [7, 11) is 0. The van der Waals surface area contributed by atoms with Gasteiger partial charge in [-0.25, -0.2) is 0 Å². The molecular weight excluding hydrogens is 356 g/mol. The molecule has 1 aliphatic heterocycles. The molecule has 4 rings (SSSR count). The third-order valence-corrected chi connectivity index (χ3v) is 4.84. The standard InChI is InChI=1S/C21H20N4O3/c26-19(12-14-7-9-15(10-8-14)25-11-3-6-20(25)27)23-24-21(28)17-13-22-18-5-2-1-4-16(17)18/h1-2,4-5,7-10,13,22H,3,6,11-12H2,(H,23,26)(H,24,28). The number of carbonyl (C=O) groups is 3. The highest BCUT2D eigenvalue weighted by Crippen LogP contribution is 2.21. The van der Waals surface area contributed by atoms with Gasteiger partial charge in [0.25, 0.3) is 5.91 Å². The van der Waals surface area contributed by atoms with E-state index in [0.29, 0.717) is 12.0 Å². The van der Waals surface area contributed by atoms with Gasteiger partial charge in [-0.2, -0.15) is 0 Å². The van der Waals surface area contributed by atoms with E-state index in [1.54, 1.807) is 11.1 Å². The van der Waals surface area contributed by atoms with E-state index < -0.39 is 0 Å². The van der Waals surface area contributed by atoms with Gasteiger partial charge >= 0.3 is 0 Å². The molecule has 1 saturated heterocycles. The molecule has 1 aromatic heterocycles. The molecular formula is C21H20N4O3. The minimum Gasteiger partial charge on any atom is -0.360 e. The molecule has 0 atom stereocenters. The predicted octanol–water partition coefficient (Wildman–Crippen LogP) is 2.30. The molecule has 0 saturated carbocycles. The Bertz CT molecular complexity index is 1040. The SMILES string of the molecule is O=C(Cc1ccc(N2CCCC2=O)cc1)NNC(=O)c1c[nH]c2ccccc12. The number of nitrogens with one attached hydrogen (secondary N) is 3. The number of fused-ring (bicyclic) bond motifs is 1. The molecule has 28 heavy (non-hydrogen) atoms. The van der Waals surface area contributed by atoms with Gasteiger partial charge in [0, 0.05) is 35.8 Å². The van der Waals surface area contributed by atoms with Crippen LogP contribution in [0.4, 0.5) is 5.69 Å². The van der Waals surface area contributed by atoms with Crippen LogP contribution < -0.4 is 15.8 Å². The molecule has 2 heterocycles. The van der Waals surface area contributed by atoms with E-state index in [2.05, 4.69) is 15.8 Å². The number of benzene rings is 2. The minimum absolute atomic E-state index is 0.127. The van der Waals surface area contributed by atoms with Crippen LogP contribution in [-0.4, -0.2) is 29.3 Å². The molecule has 142 valence electrons. The van der Waals surface area contributed by atoms with E-state index in [0.717, 1.165) is 35.1 Å². The van der Waals surface area contributed by atoms with E-state index in [4.69, 9.17) is 0 Å². The summed E-state index contributed by atoms with van der Waals surface area (Å²) in [4.78, 5) is 41.0. The van der Waals surface area contributed by atoms with Crippen molar-refractivity contribution in [1.29, 1.82) is 0 Å². The summed E-state index contributed by atoms with van der Waals surface area (Å²) in [5, 5.41) is 0.793. The van der Waals surface area contributed by atoms with Gasteiger partial charge in [-0.1, -0.05) is 30.3 Å². The van der Waals surface area contributed by atoms with Gasteiger partial charge in [0.15, 0.2) is 0 Å². The zero-order valence-corrected chi connectivity index (χ0v) is 15.2. The monoisotopic (exact) mass is 376 g/mol. The van der Waals surface area contributed by atoms with Crippen molar-refractivity contribution in [1.82, 2.24) is 15.8 Å². The number of nitrogens with zero attached hydrogens (tertiary/aromatic N) is 1. The lowest BCUT2D eigenvalue weighted by Gasteiger charge is -2.15. The smallest absolute Gasteiger partial charge is 0.271 e. The lowest BCUT2D eigenvalue weighted by atomic mass is 10.1. The number of rotatable bonds is 4. The number of anilines is 1. The molecule has 3 N–H and O–H groups in total. The number of carbonyl (C=O) groups excluding carboxylic acids is 3. The second kappa shape index (κ2) is 7.56. The lowest BCUT2D eigenvalue weighted by molar-refractivity contribution is -0.121. The minimum atomic E-state index is -0.381. The predicted molar refractivity (Wildman–Crippen MR) is 106 cm³/mol. The summed E-state index contributed by atoms with van der Waals surface area (Å²) < 4.78 is 0. The van der Waals surface area contributed by atoms with Gasteiger partial charge in [0.2, 0.25) is 11.8 Å². The van der Waals surface area contributed by atoms with E-state index in [1.165, 1.54) is 0 Å². The number of H-pyrrole nitrogens is 1. The topological polar surface area (TPSA) is 94.3 Å². The van der Waals surface area contributed by atoms with E-state index >= 15 is 0 Å². The third-order valence-electron chi connectivity index (χ3n) is 4.84. The molecule has 7 nitrogen and oxygen atoms in total. The average Bonchev–Trinajstić information content (AvgIpc) is 3.33. The largest absolute Gasteiger partial charge is 0.360 e. The van der Waals surface area contributed by atoms with Gasteiger partial charge in [-0.15, -0.1) is 0 Å². The number of aromatic nitrogens is 1. The molecule has 7 heteroatoms. The second-order valence-electron chi connectivity index (χ2n) is 6.74. The quantitative estimate of drug-likeness (QED) is 0.610. The fourth-order valence-electron chi connectivity index (χ4n) is 3.40. The van der Waals surface area contributed by atoms with Crippen LogP contribution >= 0.6 is 0 Å². The molecule has 3 aromatic rings. The number of amides is 3. The zero-order chi connectivity index (χ0) is 19.5. The van der Waals surface area contributed by atoms with Crippen LogP contribution in [0, 0.1) is 0 Å². The molecule has 0 radical (unpaired) electrons. The Labute approximate surface area is 161 Å². The second-order valence-corrected chi connectivity index (χ2v) is 6.74. The summed E-state index contributed by atoms with van der Waals surface area (Å²) in [6.07, 6.45) is 3.20. The average molecular weight is 376 g/mol. The Morgan fingerprint density at radius 2 is 1.82 bits per heavy atom. The van der Waals surface area contributed by atoms with Gasteiger partial charge in [-0.05, 0) is 30.2 Å². The highest BCUT2D eigenvalue weighted by molar-refractivity contribution is 6.07. The van der Waals surface area contributed by atoms with E-state index in [-0.39, 0.29) is 24.1 Å². The van der Waals surface area contributed by atoms with Gasteiger partial charge < -0.3 is 9.88 Å². The van der Waals surface area contributed by atoms with Gasteiger partial charge in [0.1, 0.15) is 0 Å². The number of hydrogen-bond donors (Lipinski definition) is 3. The van der Waals surface area contributed by atoms with Crippen molar-refractivity contribution in [3.05, 3.63) is 65.9 Å². The molecule has 3 amide bonds. The van der Waals surface area contributed by atoms with Gasteiger partial charge in [0.05, 0.1) is 12.0 Å². The van der Waals surface area contributed by atoms with Crippen LogP contribution in [0.5, 0.6) is 0 Å². The maximum Gasteiger partial charge on any atom is 0.271 e. The Morgan fingerprint density at radius 1 is 1.04 bits per heavy atom. The van der Waals surface area contributed by atoms with Crippen LogP contribution in [0.2, 0.25) is 0 Å². The van der Waals surface area contributed by atoms with Crippen molar-refractivity contribution in [3.8, 4) is 0 Å². The molecule has 2 aromatic carbocycles. The highest BCUT2D eigenvalue weighted by Gasteiger charge is 2.21. The van der Waals surface area contributed by atoms with Crippen molar-refractivity contribution in [3.63, 3.8) is 0 Å². The molecule has 0 spiro atoms. The van der Waals surface area contributed by atoms with Crippen LogP contribution in [0.3, 0.4) is 0 Å². The Hall–Kier alpha value is -3.61. The number of aromatic amines is 1. The zero-order valence-electron chi connectivity index (χ0n) is 15.2. The summed E-state index contributed by atoms with van der Waals surface area (Å²) in [5.41, 5.74) is 7.86. The third kappa shape index (κ3) is 3.59. The fraction of sp³-hybridized carbons (Fsp3) is 0.190. The highest BCUT2D eigenvalue weighted by atomic mass is 16.2. The first-order valence-corrected chi connectivity index (χ1v) is 9.16. The molecule has 1 aliphatic rings. The van der Waals surface area contributed by atoms with Crippen LogP contribution in [0.25, 0.3) is 10.9 Å². The number of hydrogen-bond acceptors (Lipinski definition) is 3. The normalized spacial score (nSPS) is 13.7. The molecule has 0 bridgehead atoms. The summed E-state index contributed by atoms with van der Waals surface area (Å²) in [5.74, 6) is -0.572. The van der Waals surface area contributed by atoms with E-state index in [9.17, 15) is 14.4 Å². The maximum atomic E-state index is 12.3. The first kappa shape index (κ1) is 17.8. The lowest BCUT2D eigenvalue weighted by Crippen LogP contribution is -2.42. The number of hydrazine groups is 1. The fourth-order valence-corrected chi connectivity index (χ4v) is 3.40. The molecule has 0 unspecified atom stereocenters. The van der Waals surface area contributed by atoms with Crippen molar-refractivity contribution >= 4 is 34.3 Å². The molecule has 0 aliphatic carbocycles. The van der Waals surface area contributed by atoms with Crippen molar-refractivity contribution in [2.24, 2.45) is 0 Å². The summed E-state index contributed by atoms with van der Waals surface area (Å²) in [6, 6.07) is 14.8. The summed E-state index contributed by atoms with van der Waals surface area (Å²) >= 11 is 0. The first-order chi connectivity index (χ1) is 13.6. The van der Waals surface area contributed by atoms with Crippen molar-refractivity contribution in [2.45, 2.75) is 19.3 Å². The van der Waals surface area contributed by atoms with Crippen LogP contribution in [-0.2, 0) is 16.0 Å². The van der Waals surface area contributed by atoms with Gasteiger partial charge in [-0.3, -0.25) is 25.2 Å². The maximum absolute atomic E-state index is 12.3. The van der Waals surface area contributed by atoms with E-state index in [1.807, 2.05) is 48.5 Å². The van der Waals surface area contributed by atoms with Crippen LogP contribution in [0.1, 0.15) is 28.8 Å². The van der Waals surface area contributed by atoms with Crippen LogP contribution in [0.15, 0.2) is 54.7 Å². The molecule has 1 fully saturated rings. The van der Waals surface area contributed by atoms with Crippen molar-refractivity contribution in [2.75, 3.05) is 11.4 Å². The Balaban J connectivity index is 1.33. The number of para-hydroxylation sites is 1.